The van der Waals surface area contributed by atoms with Gasteiger partial charge in [0.05, 0.1) is 18.2 Å². The molecule has 2 rings (SSSR count). The number of anilines is 1. The standard InChI is InChI=1S/C15H24F3N5S/c1-19-13(20-8-12-9-24-14(22-12)23(2)3)21-11-6-4-5-10(7-11)15(16,17)18/h9-11H,4-8H2,1-3H3,(H2,19,20,21). The second kappa shape index (κ2) is 8.04. The van der Waals surface area contributed by atoms with E-state index < -0.39 is 12.1 Å². The van der Waals surface area contributed by atoms with Crippen molar-refractivity contribution in [1.29, 1.82) is 0 Å². The molecule has 1 saturated carbocycles. The normalized spacial score (nSPS) is 22.3. The first kappa shape index (κ1) is 18.8. The fourth-order valence-electron chi connectivity index (χ4n) is 2.76. The van der Waals surface area contributed by atoms with Gasteiger partial charge in [-0.25, -0.2) is 4.98 Å². The van der Waals surface area contributed by atoms with E-state index in [-0.39, 0.29) is 18.9 Å². The monoisotopic (exact) mass is 363 g/mol. The zero-order valence-corrected chi connectivity index (χ0v) is 15.0. The molecule has 136 valence electrons. The average Bonchev–Trinajstić information content (AvgIpc) is 3.00. The average molecular weight is 363 g/mol. The Hall–Kier alpha value is -1.51. The van der Waals surface area contributed by atoms with Crippen molar-refractivity contribution < 1.29 is 13.2 Å². The van der Waals surface area contributed by atoms with Crippen LogP contribution in [0.25, 0.3) is 0 Å². The highest BCUT2D eigenvalue weighted by Gasteiger charge is 2.42. The number of thiazole rings is 1. The van der Waals surface area contributed by atoms with Crippen LogP contribution in [0.3, 0.4) is 0 Å². The van der Waals surface area contributed by atoms with Crippen LogP contribution in [0.1, 0.15) is 31.4 Å². The SMILES string of the molecule is CN=C(NCc1csc(N(C)C)n1)NC1CCCC(C(F)(F)F)C1. The first-order valence-electron chi connectivity index (χ1n) is 7.95. The van der Waals surface area contributed by atoms with Crippen LogP contribution in [0.5, 0.6) is 0 Å². The summed E-state index contributed by atoms with van der Waals surface area (Å²) < 4.78 is 38.7. The Morgan fingerprint density at radius 3 is 2.75 bits per heavy atom. The molecule has 0 spiro atoms. The third-order valence-corrected chi connectivity index (χ3v) is 5.12. The van der Waals surface area contributed by atoms with E-state index in [1.807, 2.05) is 24.4 Å². The van der Waals surface area contributed by atoms with Crippen LogP contribution in [0.2, 0.25) is 0 Å². The zero-order chi connectivity index (χ0) is 17.7. The van der Waals surface area contributed by atoms with E-state index in [4.69, 9.17) is 0 Å². The van der Waals surface area contributed by atoms with Crippen LogP contribution in [0.4, 0.5) is 18.3 Å². The highest BCUT2D eigenvalue weighted by Crippen LogP contribution is 2.37. The Morgan fingerprint density at radius 1 is 1.42 bits per heavy atom. The van der Waals surface area contributed by atoms with Gasteiger partial charge in [0.2, 0.25) is 0 Å². The summed E-state index contributed by atoms with van der Waals surface area (Å²) in [5.74, 6) is -0.703. The molecule has 2 unspecified atom stereocenters. The number of hydrogen-bond donors (Lipinski definition) is 2. The van der Waals surface area contributed by atoms with Gasteiger partial charge in [0.1, 0.15) is 0 Å². The quantitative estimate of drug-likeness (QED) is 0.638. The van der Waals surface area contributed by atoms with E-state index in [1.54, 1.807) is 18.4 Å². The molecule has 1 aliphatic carbocycles. The van der Waals surface area contributed by atoms with Gasteiger partial charge in [-0.1, -0.05) is 6.42 Å². The Labute approximate surface area is 144 Å². The fraction of sp³-hybridized carbons (Fsp3) is 0.733. The molecule has 1 aromatic heterocycles. The van der Waals surface area contributed by atoms with Gasteiger partial charge in [-0.2, -0.15) is 13.2 Å². The Kier molecular flexibility index (Phi) is 6.31. The Morgan fingerprint density at radius 2 is 2.17 bits per heavy atom. The minimum Gasteiger partial charge on any atom is -0.354 e. The number of guanidine groups is 1. The van der Waals surface area contributed by atoms with Gasteiger partial charge >= 0.3 is 6.18 Å². The molecule has 0 aliphatic heterocycles. The molecule has 1 aromatic rings. The van der Waals surface area contributed by atoms with Crippen LogP contribution in [-0.4, -0.2) is 44.3 Å². The molecule has 9 heteroatoms. The van der Waals surface area contributed by atoms with Gasteiger partial charge < -0.3 is 15.5 Å². The number of nitrogens with zero attached hydrogens (tertiary/aromatic N) is 3. The van der Waals surface area contributed by atoms with Crippen LogP contribution in [0.15, 0.2) is 10.4 Å². The lowest BCUT2D eigenvalue weighted by atomic mass is 9.85. The van der Waals surface area contributed by atoms with Crippen molar-refractivity contribution >= 4 is 22.4 Å². The first-order valence-corrected chi connectivity index (χ1v) is 8.83. The van der Waals surface area contributed by atoms with E-state index in [2.05, 4.69) is 20.6 Å². The molecule has 24 heavy (non-hydrogen) atoms. The molecule has 1 fully saturated rings. The number of nitrogens with one attached hydrogen (secondary N) is 2. The van der Waals surface area contributed by atoms with E-state index in [1.165, 1.54) is 0 Å². The van der Waals surface area contributed by atoms with Crippen LogP contribution in [-0.2, 0) is 6.54 Å². The van der Waals surface area contributed by atoms with Gasteiger partial charge in [0.25, 0.3) is 0 Å². The maximum atomic E-state index is 12.9. The number of alkyl halides is 3. The van der Waals surface area contributed by atoms with Crippen molar-refractivity contribution in [2.45, 2.75) is 44.4 Å². The molecule has 1 heterocycles. The third-order valence-electron chi connectivity index (χ3n) is 4.06. The molecule has 2 atom stereocenters. The largest absolute Gasteiger partial charge is 0.391 e. The summed E-state index contributed by atoms with van der Waals surface area (Å²) in [5.41, 5.74) is 0.878. The molecular formula is C15H24F3N5S. The van der Waals surface area contributed by atoms with Crippen molar-refractivity contribution in [3.63, 3.8) is 0 Å². The maximum Gasteiger partial charge on any atom is 0.391 e. The van der Waals surface area contributed by atoms with Crippen molar-refractivity contribution in [3.8, 4) is 0 Å². The molecule has 1 aliphatic rings. The fourth-order valence-corrected chi connectivity index (χ4v) is 3.52. The highest BCUT2D eigenvalue weighted by atomic mass is 32.1. The summed E-state index contributed by atoms with van der Waals surface area (Å²) in [6.45, 7) is 0.486. The molecule has 5 nitrogen and oxygen atoms in total. The van der Waals surface area contributed by atoms with Crippen molar-refractivity contribution in [3.05, 3.63) is 11.1 Å². The van der Waals surface area contributed by atoms with Crippen molar-refractivity contribution in [1.82, 2.24) is 15.6 Å². The number of aliphatic imine (C=N–C) groups is 1. The summed E-state index contributed by atoms with van der Waals surface area (Å²) in [4.78, 5) is 10.5. The molecule has 0 radical (unpaired) electrons. The molecule has 0 saturated heterocycles. The molecule has 0 bridgehead atoms. The number of rotatable bonds is 4. The van der Waals surface area contributed by atoms with E-state index in [9.17, 15) is 13.2 Å². The van der Waals surface area contributed by atoms with E-state index in [0.29, 0.717) is 18.9 Å². The van der Waals surface area contributed by atoms with Gasteiger partial charge in [0.15, 0.2) is 11.1 Å². The lowest BCUT2D eigenvalue weighted by Crippen LogP contribution is -2.46. The predicted molar refractivity (Wildman–Crippen MR) is 91.6 cm³/mol. The number of aromatic nitrogens is 1. The first-order chi connectivity index (χ1) is 11.3. The second-order valence-corrected chi connectivity index (χ2v) is 7.02. The summed E-state index contributed by atoms with van der Waals surface area (Å²) >= 11 is 1.55. The Balaban J connectivity index is 1.85. The summed E-state index contributed by atoms with van der Waals surface area (Å²) in [7, 11) is 5.47. The number of halogens is 3. The molecule has 2 N–H and O–H groups in total. The van der Waals surface area contributed by atoms with Crippen LogP contribution in [0, 0.1) is 5.92 Å². The molecule has 0 aromatic carbocycles. The van der Waals surface area contributed by atoms with Crippen molar-refractivity contribution in [2.24, 2.45) is 10.9 Å². The van der Waals surface area contributed by atoms with Gasteiger partial charge in [-0.15, -0.1) is 11.3 Å². The third kappa shape index (κ3) is 5.25. The lowest BCUT2D eigenvalue weighted by Gasteiger charge is -2.31. The van der Waals surface area contributed by atoms with Gasteiger partial charge in [0, 0.05) is 32.6 Å². The summed E-state index contributed by atoms with van der Waals surface area (Å²) in [6.07, 6.45) is -2.47. The minimum absolute atomic E-state index is 0.103. The second-order valence-electron chi connectivity index (χ2n) is 6.19. The number of hydrogen-bond acceptors (Lipinski definition) is 4. The summed E-state index contributed by atoms with van der Waals surface area (Å²) in [5, 5.41) is 9.10. The lowest BCUT2D eigenvalue weighted by molar-refractivity contribution is -0.183. The van der Waals surface area contributed by atoms with Crippen LogP contribution < -0.4 is 15.5 Å². The smallest absolute Gasteiger partial charge is 0.354 e. The van der Waals surface area contributed by atoms with E-state index in [0.717, 1.165) is 17.2 Å². The van der Waals surface area contributed by atoms with Gasteiger partial charge in [-0.05, 0) is 19.3 Å². The summed E-state index contributed by atoms with van der Waals surface area (Å²) in [6, 6.07) is -0.204. The maximum absolute atomic E-state index is 12.9. The molecule has 0 amide bonds. The van der Waals surface area contributed by atoms with Crippen molar-refractivity contribution in [2.75, 3.05) is 26.0 Å². The molecular weight excluding hydrogens is 339 g/mol. The van der Waals surface area contributed by atoms with Crippen LogP contribution >= 0.6 is 11.3 Å². The van der Waals surface area contributed by atoms with Gasteiger partial charge in [-0.3, -0.25) is 4.99 Å². The Bertz CT molecular complexity index is 556. The van der Waals surface area contributed by atoms with E-state index >= 15 is 0 Å². The topological polar surface area (TPSA) is 52.6 Å². The zero-order valence-electron chi connectivity index (χ0n) is 14.2. The predicted octanol–water partition coefficient (Wildman–Crippen LogP) is 3.00. The highest BCUT2D eigenvalue weighted by molar-refractivity contribution is 7.13. The minimum atomic E-state index is -4.11.